The van der Waals surface area contributed by atoms with Gasteiger partial charge in [-0.2, -0.15) is 0 Å². The van der Waals surface area contributed by atoms with E-state index in [9.17, 15) is 19.2 Å². The van der Waals surface area contributed by atoms with Crippen molar-refractivity contribution in [3.8, 4) is 0 Å². The highest BCUT2D eigenvalue weighted by molar-refractivity contribution is 6.30. The number of hydrogen-bond acceptors (Lipinski definition) is 4. The van der Waals surface area contributed by atoms with Crippen molar-refractivity contribution >= 4 is 35.2 Å². The fourth-order valence-corrected chi connectivity index (χ4v) is 3.65. The summed E-state index contributed by atoms with van der Waals surface area (Å²) in [5.74, 6) is -1.79. The van der Waals surface area contributed by atoms with Crippen molar-refractivity contribution in [1.82, 2.24) is 15.1 Å². The van der Waals surface area contributed by atoms with Crippen molar-refractivity contribution < 1.29 is 19.2 Å². The van der Waals surface area contributed by atoms with Crippen LogP contribution < -0.4 is 5.32 Å². The van der Waals surface area contributed by atoms with Crippen LogP contribution >= 0.6 is 11.6 Å². The van der Waals surface area contributed by atoms with Crippen molar-refractivity contribution in [3.63, 3.8) is 0 Å². The first-order valence-corrected chi connectivity index (χ1v) is 9.13. The molecule has 2 aromatic carbocycles. The second-order valence-corrected chi connectivity index (χ2v) is 7.01. The standard InChI is InChI=1S/C20H16ClN3O4/c21-13-7-5-12(6-8-13)17-18(26)22-9-10-23(17)16(25)11-24-19(27)14-3-1-2-4-15(14)20(24)28/h1-8,17H,9-11H2,(H,22,26). The summed E-state index contributed by atoms with van der Waals surface area (Å²) in [5, 5.41) is 3.26. The van der Waals surface area contributed by atoms with Gasteiger partial charge in [0.05, 0.1) is 11.1 Å². The van der Waals surface area contributed by atoms with Gasteiger partial charge in [-0.25, -0.2) is 0 Å². The first-order valence-electron chi connectivity index (χ1n) is 8.75. The highest BCUT2D eigenvalue weighted by atomic mass is 35.5. The average molecular weight is 398 g/mol. The fraction of sp³-hybridized carbons (Fsp3) is 0.200. The Labute approximate surface area is 165 Å². The van der Waals surface area contributed by atoms with Crippen LogP contribution in [0.2, 0.25) is 5.02 Å². The molecule has 1 fully saturated rings. The number of halogens is 1. The maximum Gasteiger partial charge on any atom is 0.262 e. The van der Waals surface area contributed by atoms with Gasteiger partial charge in [0.2, 0.25) is 11.8 Å². The molecule has 0 aliphatic carbocycles. The Kier molecular flexibility index (Phi) is 4.60. The van der Waals surface area contributed by atoms with E-state index < -0.39 is 30.3 Å². The van der Waals surface area contributed by atoms with Gasteiger partial charge in [0, 0.05) is 18.1 Å². The molecule has 4 rings (SSSR count). The second-order valence-electron chi connectivity index (χ2n) is 6.57. The zero-order valence-corrected chi connectivity index (χ0v) is 15.5. The predicted octanol–water partition coefficient (Wildman–Crippen LogP) is 1.64. The van der Waals surface area contributed by atoms with Gasteiger partial charge < -0.3 is 10.2 Å². The third-order valence-corrected chi connectivity index (χ3v) is 5.14. The molecule has 2 heterocycles. The number of nitrogens with one attached hydrogen (secondary N) is 1. The zero-order chi connectivity index (χ0) is 19.8. The van der Waals surface area contributed by atoms with Crippen LogP contribution in [0.15, 0.2) is 48.5 Å². The maximum atomic E-state index is 13.0. The minimum absolute atomic E-state index is 0.279. The maximum absolute atomic E-state index is 13.0. The molecule has 1 unspecified atom stereocenters. The molecule has 0 bridgehead atoms. The van der Waals surface area contributed by atoms with E-state index in [4.69, 9.17) is 11.6 Å². The number of piperazine rings is 1. The first-order chi connectivity index (χ1) is 13.5. The summed E-state index contributed by atoms with van der Waals surface area (Å²) in [4.78, 5) is 52.8. The van der Waals surface area contributed by atoms with Crippen LogP contribution in [0.1, 0.15) is 32.3 Å². The van der Waals surface area contributed by atoms with E-state index in [0.717, 1.165) is 4.90 Å². The molecule has 142 valence electrons. The minimum atomic E-state index is -0.839. The van der Waals surface area contributed by atoms with E-state index in [1.54, 1.807) is 48.5 Å². The van der Waals surface area contributed by atoms with Crippen LogP contribution in [-0.2, 0) is 9.59 Å². The van der Waals surface area contributed by atoms with Crippen molar-refractivity contribution in [2.45, 2.75) is 6.04 Å². The molecule has 4 amide bonds. The molecular weight excluding hydrogens is 382 g/mol. The Balaban J connectivity index is 1.58. The molecule has 28 heavy (non-hydrogen) atoms. The Morgan fingerprint density at radius 3 is 2.21 bits per heavy atom. The van der Waals surface area contributed by atoms with Crippen molar-refractivity contribution in [3.05, 3.63) is 70.2 Å². The molecule has 2 aliphatic heterocycles. The van der Waals surface area contributed by atoms with Crippen molar-refractivity contribution in [1.29, 1.82) is 0 Å². The number of carbonyl (C=O) groups excluding carboxylic acids is 4. The number of amides is 4. The molecular formula is C20H16ClN3O4. The summed E-state index contributed by atoms with van der Waals surface area (Å²) in [6.07, 6.45) is 0. The van der Waals surface area contributed by atoms with Crippen LogP contribution in [0.25, 0.3) is 0 Å². The van der Waals surface area contributed by atoms with Crippen LogP contribution in [0.4, 0.5) is 0 Å². The molecule has 0 saturated carbocycles. The molecule has 0 aromatic heterocycles. The summed E-state index contributed by atoms with van der Waals surface area (Å²) in [6, 6.07) is 12.3. The van der Waals surface area contributed by atoms with Gasteiger partial charge in [-0.3, -0.25) is 24.1 Å². The topological polar surface area (TPSA) is 86.8 Å². The monoisotopic (exact) mass is 397 g/mol. The number of nitrogens with zero attached hydrogens (tertiary/aromatic N) is 2. The Hall–Kier alpha value is -3.19. The molecule has 1 saturated heterocycles. The zero-order valence-electron chi connectivity index (χ0n) is 14.7. The largest absolute Gasteiger partial charge is 0.352 e. The number of carbonyl (C=O) groups is 4. The number of rotatable bonds is 3. The van der Waals surface area contributed by atoms with Gasteiger partial charge >= 0.3 is 0 Å². The summed E-state index contributed by atoms with van der Waals surface area (Å²) in [5.41, 5.74) is 1.18. The van der Waals surface area contributed by atoms with Crippen LogP contribution in [0, 0.1) is 0 Å². The van der Waals surface area contributed by atoms with Gasteiger partial charge in [-0.1, -0.05) is 35.9 Å². The van der Waals surface area contributed by atoms with E-state index in [0.29, 0.717) is 17.1 Å². The first kappa shape index (κ1) is 18.2. The summed E-state index contributed by atoms with van der Waals surface area (Å²) in [7, 11) is 0. The summed E-state index contributed by atoms with van der Waals surface area (Å²) in [6.45, 7) is 0.168. The van der Waals surface area contributed by atoms with Gasteiger partial charge in [0.25, 0.3) is 11.8 Å². The van der Waals surface area contributed by atoms with Gasteiger partial charge in [-0.05, 0) is 29.8 Å². The molecule has 1 atom stereocenters. The third kappa shape index (κ3) is 3.03. The SMILES string of the molecule is O=C1NCCN(C(=O)CN2C(=O)c3ccccc3C2=O)C1c1ccc(Cl)cc1. The van der Waals surface area contributed by atoms with Gasteiger partial charge in [0.15, 0.2) is 0 Å². The molecule has 2 aliphatic rings. The highest BCUT2D eigenvalue weighted by Crippen LogP contribution is 2.27. The Morgan fingerprint density at radius 2 is 1.61 bits per heavy atom. The molecule has 7 nitrogen and oxygen atoms in total. The van der Waals surface area contributed by atoms with Gasteiger partial charge in [0.1, 0.15) is 12.6 Å². The lowest BCUT2D eigenvalue weighted by atomic mass is 10.0. The minimum Gasteiger partial charge on any atom is -0.352 e. The third-order valence-electron chi connectivity index (χ3n) is 4.89. The number of fused-ring (bicyclic) bond motifs is 1. The number of hydrogen-bond donors (Lipinski definition) is 1. The van der Waals surface area contributed by atoms with E-state index in [-0.39, 0.29) is 23.6 Å². The van der Waals surface area contributed by atoms with E-state index in [1.807, 2.05) is 0 Å². The van der Waals surface area contributed by atoms with E-state index in [1.165, 1.54) is 4.90 Å². The van der Waals surface area contributed by atoms with E-state index in [2.05, 4.69) is 5.32 Å². The number of benzene rings is 2. The number of imide groups is 1. The van der Waals surface area contributed by atoms with Gasteiger partial charge in [-0.15, -0.1) is 0 Å². The normalized spacial score (nSPS) is 18.9. The molecule has 2 aromatic rings. The quantitative estimate of drug-likeness (QED) is 0.797. The van der Waals surface area contributed by atoms with Crippen molar-refractivity contribution in [2.24, 2.45) is 0 Å². The lowest BCUT2D eigenvalue weighted by Crippen LogP contribution is -2.54. The lowest BCUT2D eigenvalue weighted by molar-refractivity contribution is -0.143. The average Bonchev–Trinajstić information content (AvgIpc) is 2.94. The highest BCUT2D eigenvalue weighted by Gasteiger charge is 2.40. The molecule has 0 radical (unpaired) electrons. The lowest BCUT2D eigenvalue weighted by Gasteiger charge is -2.36. The Morgan fingerprint density at radius 1 is 1.00 bits per heavy atom. The smallest absolute Gasteiger partial charge is 0.262 e. The summed E-state index contributed by atoms with van der Waals surface area (Å²) < 4.78 is 0. The second kappa shape index (κ2) is 7.09. The molecule has 0 spiro atoms. The predicted molar refractivity (Wildman–Crippen MR) is 101 cm³/mol. The van der Waals surface area contributed by atoms with Crippen LogP contribution in [0.5, 0.6) is 0 Å². The summed E-state index contributed by atoms with van der Waals surface area (Å²) >= 11 is 5.91. The Bertz CT molecular complexity index is 954. The van der Waals surface area contributed by atoms with Crippen molar-refractivity contribution in [2.75, 3.05) is 19.6 Å². The fourth-order valence-electron chi connectivity index (χ4n) is 3.52. The molecule has 1 N–H and O–H groups in total. The molecule has 8 heteroatoms. The van der Waals surface area contributed by atoms with E-state index >= 15 is 0 Å². The van der Waals surface area contributed by atoms with Crippen LogP contribution in [-0.4, -0.2) is 53.1 Å². The van der Waals surface area contributed by atoms with Crippen LogP contribution in [0.3, 0.4) is 0 Å².